The number of aliphatic hydroxyl groups is 1. The van der Waals surface area contributed by atoms with E-state index in [0.717, 1.165) is 12.2 Å². The molecule has 0 amide bonds. The van der Waals surface area contributed by atoms with E-state index in [9.17, 15) is 5.11 Å². The maximum absolute atomic E-state index is 10.4. The molecule has 0 saturated carbocycles. The number of thioether (sulfide) groups is 1. The van der Waals surface area contributed by atoms with Gasteiger partial charge in [-0.15, -0.1) is 11.8 Å². The summed E-state index contributed by atoms with van der Waals surface area (Å²) < 4.78 is 0. The Bertz CT molecular complexity index is 360. The van der Waals surface area contributed by atoms with E-state index >= 15 is 0 Å². The fraction of sp³-hybridized carbons (Fsp3) is 0.600. The molecule has 1 heterocycles. The zero-order valence-electron chi connectivity index (χ0n) is 10.7. The summed E-state index contributed by atoms with van der Waals surface area (Å²) in [5.41, 5.74) is 1.36. The van der Waals surface area contributed by atoms with Crippen molar-refractivity contribution < 1.29 is 5.11 Å². The molecule has 2 atom stereocenters. The normalized spacial score (nSPS) is 20.6. The van der Waals surface area contributed by atoms with Gasteiger partial charge >= 0.3 is 0 Å². The third-order valence-corrected chi connectivity index (χ3v) is 5.14. The molecule has 1 aromatic rings. The van der Waals surface area contributed by atoms with E-state index in [1.807, 2.05) is 11.8 Å². The molecule has 0 saturated heterocycles. The van der Waals surface area contributed by atoms with E-state index < -0.39 is 0 Å². The molecule has 0 aromatic heterocycles. The van der Waals surface area contributed by atoms with Crippen molar-refractivity contribution >= 4 is 11.8 Å². The molecular formula is C15H22OS. The lowest BCUT2D eigenvalue weighted by molar-refractivity contribution is 0.118. The highest BCUT2D eigenvalue weighted by Crippen LogP contribution is 2.42. The molecule has 0 spiro atoms. The highest BCUT2D eigenvalue weighted by molar-refractivity contribution is 7.99. The van der Waals surface area contributed by atoms with Gasteiger partial charge in [0, 0.05) is 16.6 Å². The Morgan fingerprint density at radius 2 is 2.00 bits per heavy atom. The Morgan fingerprint density at radius 1 is 1.29 bits per heavy atom. The van der Waals surface area contributed by atoms with Crippen molar-refractivity contribution in [2.45, 2.75) is 50.0 Å². The lowest BCUT2D eigenvalue weighted by atomic mass is 9.87. The van der Waals surface area contributed by atoms with Gasteiger partial charge in [-0.1, -0.05) is 44.9 Å². The van der Waals surface area contributed by atoms with Gasteiger partial charge in [0.2, 0.25) is 0 Å². The summed E-state index contributed by atoms with van der Waals surface area (Å²) in [7, 11) is 0. The molecule has 1 aliphatic rings. The molecule has 0 bridgehead atoms. The molecule has 2 heteroatoms. The summed E-state index contributed by atoms with van der Waals surface area (Å²) in [4.78, 5) is 1.36. The number of aliphatic hydroxyl groups excluding tert-OH is 1. The van der Waals surface area contributed by atoms with Crippen molar-refractivity contribution in [3.8, 4) is 0 Å². The van der Waals surface area contributed by atoms with Gasteiger partial charge in [0.05, 0.1) is 6.10 Å². The van der Waals surface area contributed by atoms with Crippen molar-refractivity contribution in [2.75, 3.05) is 5.75 Å². The lowest BCUT2D eigenvalue weighted by Gasteiger charge is -2.22. The summed E-state index contributed by atoms with van der Waals surface area (Å²) in [6.07, 6.45) is 3.13. The van der Waals surface area contributed by atoms with Gasteiger partial charge in [0.15, 0.2) is 0 Å². The molecule has 17 heavy (non-hydrogen) atoms. The maximum Gasteiger partial charge on any atom is 0.0619 e. The second-order valence-corrected chi connectivity index (χ2v) is 6.00. The fourth-order valence-electron chi connectivity index (χ4n) is 2.63. The quantitative estimate of drug-likeness (QED) is 0.850. The van der Waals surface area contributed by atoms with Gasteiger partial charge in [-0.2, -0.15) is 0 Å². The summed E-state index contributed by atoms with van der Waals surface area (Å²) in [5.74, 6) is 2.06. The van der Waals surface area contributed by atoms with Crippen LogP contribution in [0.5, 0.6) is 0 Å². The fourth-order valence-corrected chi connectivity index (χ4v) is 3.96. The van der Waals surface area contributed by atoms with E-state index in [1.165, 1.54) is 23.3 Å². The second kappa shape index (κ2) is 5.92. The summed E-state index contributed by atoms with van der Waals surface area (Å²) >= 11 is 1.89. The van der Waals surface area contributed by atoms with Crippen LogP contribution in [0, 0.1) is 5.92 Å². The molecule has 2 unspecified atom stereocenters. The van der Waals surface area contributed by atoms with Crippen LogP contribution in [-0.4, -0.2) is 17.0 Å². The molecule has 1 aliphatic heterocycles. The zero-order valence-corrected chi connectivity index (χ0v) is 11.5. The van der Waals surface area contributed by atoms with E-state index in [0.29, 0.717) is 11.8 Å². The number of fused-ring (bicyclic) bond motifs is 1. The molecule has 1 aromatic carbocycles. The monoisotopic (exact) mass is 250 g/mol. The first-order valence-electron chi connectivity index (χ1n) is 6.66. The maximum atomic E-state index is 10.4. The smallest absolute Gasteiger partial charge is 0.0619 e. The van der Waals surface area contributed by atoms with Crippen LogP contribution in [0.15, 0.2) is 29.2 Å². The Kier molecular flexibility index (Phi) is 4.52. The number of hydrogen-bond donors (Lipinski definition) is 1. The van der Waals surface area contributed by atoms with Crippen LogP contribution in [0.2, 0.25) is 0 Å². The average Bonchev–Trinajstić information content (AvgIpc) is 2.79. The van der Waals surface area contributed by atoms with Crippen molar-refractivity contribution in [2.24, 2.45) is 5.92 Å². The molecule has 1 N–H and O–H groups in total. The summed E-state index contributed by atoms with van der Waals surface area (Å²) in [5, 5.41) is 10.4. The summed E-state index contributed by atoms with van der Waals surface area (Å²) in [6, 6.07) is 8.52. The Balaban J connectivity index is 2.04. The van der Waals surface area contributed by atoms with Crippen molar-refractivity contribution in [3.63, 3.8) is 0 Å². The molecular weight excluding hydrogens is 228 g/mol. The van der Waals surface area contributed by atoms with Crippen LogP contribution in [0.4, 0.5) is 0 Å². The predicted octanol–water partition coefficient (Wildman–Crippen LogP) is 4.06. The van der Waals surface area contributed by atoms with Crippen molar-refractivity contribution in [1.29, 1.82) is 0 Å². The van der Waals surface area contributed by atoms with Crippen LogP contribution in [-0.2, 0) is 0 Å². The molecule has 1 nitrogen and oxygen atoms in total. The standard InChI is InChI=1S/C15H22OS/c1-3-11(4-2)9-14(16)13-10-17-15-8-6-5-7-12(13)15/h5-8,11,13-14,16H,3-4,9-10H2,1-2H3. The van der Waals surface area contributed by atoms with Gasteiger partial charge < -0.3 is 5.11 Å². The van der Waals surface area contributed by atoms with Gasteiger partial charge in [0.25, 0.3) is 0 Å². The number of benzene rings is 1. The number of rotatable bonds is 5. The summed E-state index contributed by atoms with van der Waals surface area (Å²) in [6.45, 7) is 4.44. The van der Waals surface area contributed by atoms with Gasteiger partial charge in [-0.25, -0.2) is 0 Å². The molecule has 0 fully saturated rings. The first-order chi connectivity index (χ1) is 8.26. The van der Waals surface area contributed by atoms with E-state index in [-0.39, 0.29) is 6.10 Å². The van der Waals surface area contributed by atoms with Crippen LogP contribution in [0.1, 0.15) is 44.6 Å². The minimum Gasteiger partial charge on any atom is -0.392 e. The minimum absolute atomic E-state index is 0.170. The number of hydrogen-bond acceptors (Lipinski definition) is 2. The van der Waals surface area contributed by atoms with Crippen LogP contribution in [0.3, 0.4) is 0 Å². The highest BCUT2D eigenvalue weighted by Gasteiger charge is 2.29. The van der Waals surface area contributed by atoms with Crippen LogP contribution >= 0.6 is 11.8 Å². The van der Waals surface area contributed by atoms with Crippen molar-refractivity contribution in [1.82, 2.24) is 0 Å². The van der Waals surface area contributed by atoms with Crippen LogP contribution in [0.25, 0.3) is 0 Å². The average molecular weight is 250 g/mol. The minimum atomic E-state index is -0.170. The van der Waals surface area contributed by atoms with Gasteiger partial charge in [-0.05, 0) is 24.0 Å². The zero-order chi connectivity index (χ0) is 12.3. The SMILES string of the molecule is CCC(CC)CC(O)C1CSc2ccccc21. The van der Waals surface area contributed by atoms with E-state index in [1.54, 1.807) is 0 Å². The molecule has 0 aliphatic carbocycles. The first-order valence-corrected chi connectivity index (χ1v) is 7.64. The molecule has 94 valence electrons. The first kappa shape index (κ1) is 13.0. The molecule has 2 rings (SSSR count). The van der Waals surface area contributed by atoms with E-state index in [4.69, 9.17) is 0 Å². The van der Waals surface area contributed by atoms with Crippen LogP contribution < -0.4 is 0 Å². The third-order valence-electron chi connectivity index (χ3n) is 3.93. The Hall–Kier alpha value is -0.470. The highest BCUT2D eigenvalue weighted by atomic mass is 32.2. The Labute approximate surface area is 109 Å². The predicted molar refractivity (Wildman–Crippen MR) is 74.6 cm³/mol. The third kappa shape index (κ3) is 2.86. The largest absolute Gasteiger partial charge is 0.392 e. The Morgan fingerprint density at radius 3 is 2.71 bits per heavy atom. The molecule has 0 radical (unpaired) electrons. The van der Waals surface area contributed by atoms with Gasteiger partial charge in [0.1, 0.15) is 0 Å². The topological polar surface area (TPSA) is 20.2 Å². The lowest BCUT2D eigenvalue weighted by Crippen LogP contribution is -2.21. The second-order valence-electron chi connectivity index (χ2n) is 4.94. The van der Waals surface area contributed by atoms with Crippen molar-refractivity contribution in [3.05, 3.63) is 29.8 Å². The van der Waals surface area contributed by atoms with Gasteiger partial charge in [-0.3, -0.25) is 0 Å². The van der Waals surface area contributed by atoms with E-state index in [2.05, 4.69) is 38.1 Å².